The van der Waals surface area contributed by atoms with Crippen molar-refractivity contribution in [3.05, 3.63) is 58.4 Å². The molecular weight excluding hydrogens is 286 g/mol. The molecule has 2 aromatic rings. The zero-order chi connectivity index (χ0) is 14.8. The molecule has 0 atom stereocenters. The summed E-state index contributed by atoms with van der Waals surface area (Å²) in [7, 11) is 0. The molecule has 1 heterocycles. The van der Waals surface area contributed by atoms with Crippen molar-refractivity contribution in [2.45, 2.75) is 31.7 Å². The van der Waals surface area contributed by atoms with Gasteiger partial charge in [-0.05, 0) is 42.5 Å². The van der Waals surface area contributed by atoms with Crippen molar-refractivity contribution >= 4 is 16.8 Å². The second-order valence-electron chi connectivity index (χ2n) is 5.37. The SMILES string of the molecule is O=C(Cl)CCc1ccc(-c2ccccc2)n(C2CC2)c1=O. The first-order chi connectivity index (χ1) is 10.2. The minimum atomic E-state index is -0.403. The predicted octanol–water partition coefficient (Wildman–Crippen LogP) is 3.55. The number of hydrogen-bond donors (Lipinski definition) is 0. The summed E-state index contributed by atoms with van der Waals surface area (Å²) >= 11 is 5.37. The summed E-state index contributed by atoms with van der Waals surface area (Å²) in [6.45, 7) is 0. The van der Waals surface area contributed by atoms with Gasteiger partial charge in [-0.2, -0.15) is 0 Å². The van der Waals surface area contributed by atoms with E-state index in [4.69, 9.17) is 11.6 Å². The van der Waals surface area contributed by atoms with Crippen LogP contribution < -0.4 is 5.56 Å². The summed E-state index contributed by atoms with van der Waals surface area (Å²) in [4.78, 5) is 23.6. The monoisotopic (exact) mass is 301 g/mol. The Morgan fingerprint density at radius 1 is 1.14 bits per heavy atom. The van der Waals surface area contributed by atoms with E-state index >= 15 is 0 Å². The van der Waals surface area contributed by atoms with Crippen LogP contribution in [-0.4, -0.2) is 9.81 Å². The zero-order valence-electron chi connectivity index (χ0n) is 11.6. The average molecular weight is 302 g/mol. The Bertz CT molecular complexity index is 717. The minimum Gasteiger partial charge on any atom is -0.305 e. The maximum atomic E-state index is 12.7. The number of benzene rings is 1. The fraction of sp³-hybridized carbons (Fsp3) is 0.294. The highest BCUT2D eigenvalue weighted by atomic mass is 35.5. The van der Waals surface area contributed by atoms with Crippen LogP contribution in [0.25, 0.3) is 11.3 Å². The van der Waals surface area contributed by atoms with E-state index in [9.17, 15) is 9.59 Å². The summed E-state index contributed by atoms with van der Waals surface area (Å²) in [5, 5.41) is -0.403. The van der Waals surface area contributed by atoms with Crippen molar-refractivity contribution in [3.8, 4) is 11.3 Å². The number of aryl methyl sites for hydroxylation is 1. The van der Waals surface area contributed by atoms with Gasteiger partial charge < -0.3 is 4.57 Å². The Balaban J connectivity index is 2.04. The number of halogens is 1. The van der Waals surface area contributed by atoms with E-state index in [-0.39, 0.29) is 12.0 Å². The molecule has 3 rings (SSSR count). The molecule has 0 spiro atoms. The molecule has 0 bridgehead atoms. The molecule has 0 N–H and O–H groups in total. The number of hydrogen-bond acceptors (Lipinski definition) is 2. The van der Waals surface area contributed by atoms with Gasteiger partial charge in [-0.15, -0.1) is 0 Å². The number of carbonyl (C=O) groups excluding carboxylic acids is 1. The summed E-state index contributed by atoms with van der Waals surface area (Å²) < 4.78 is 1.88. The maximum Gasteiger partial charge on any atom is 0.254 e. The Kier molecular flexibility index (Phi) is 3.93. The second kappa shape index (κ2) is 5.86. The number of pyridine rings is 1. The van der Waals surface area contributed by atoms with Gasteiger partial charge in [0, 0.05) is 18.0 Å². The quantitative estimate of drug-likeness (QED) is 0.792. The summed E-state index contributed by atoms with van der Waals surface area (Å²) in [5.41, 5.74) is 2.66. The van der Waals surface area contributed by atoms with Crippen LogP contribution in [0.5, 0.6) is 0 Å². The third kappa shape index (κ3) is 3.08. The Morgan fingerprint density at radius 2 is 1.86 bits per heavy atom. The van der Waals surface area contributed by atoms with Crippen molar-refractivity contribution in [1.29, 1.82) is 0 Å². The van der Waals surface area contributed by atoms with Crippen LogP contribution in [0.1, 0.15) is 30.9 Å². The number of carbonyl (C=O) groups is 1. The van der Waals surface area contributed by atoms with Crippen molar-refractivity contribution in [3.63, 3.8) is 0 Å². The van der Waals surface area contributed by atoms with Gasteiger partial charge in [0.15, 0.2) is 0 Å². The van der Waals surface area contributed by atoms with Crippen LogP contribution in [0.15, 0.2) is 47.3 Å². The highest BCUT2D eigenvalue weighted by molar-refractivity contribution is 6.63. The van der Waals surface area contributed by atoms with Gasteiger partial charge in [0.1, 0.15) is 0 Å². The lowest BCUT2D eigenvalue weighted by atomic mass is 10.1. The van der Waals surface area contributed by atoms with Crippen molar-refractivity contribution in [2.24, 2.45) is 0 Å². The first kappa shape index (κ1) is 14.1. The highest BCUT2D eigenvalue weighted by Crippen LogP contribution is 2.37. The van der Waals surface area contributed by atoms with E-state index in [0.29, 0.717) is 18.0 Å². The summed E-state index contributed by atoms with van der Waals surface area (Å²) in [6, 6.07) is 14.0. The summed E-state index contributed by atoms with van der Waals surface area (Å²) in [6.07, 6.45) is 2.68. The fourth-order valence-electron chi connectivity index (χ4n) is 2.56. The van der Waals surface area contributed by atoms with Gasteiger partial charge in [-0.25, -0.2) is 0 Å². The summed E-state index contributed by atoms with van der Waals surface area (Å²) in [5.74, 6) is 0. The van der Waals surface area contributed by atoms with E-state index in [1.165, 1.54) is 0 Å². The molecule has 1 aromatic carbocycles. The first-order valence-corrected chi connectivity index (χ1v) is 7.53. The maximum absolute atomic E-state index is 12.7. The molecule has 1 aromatic heterocycles. The van der Waals surface area contributed by atoms with E-state index in [1.807, 2.05) is 47.0 Å². The molecule has 0 saturated heterocycles. The Labute approximate surface area is 128 Å². The van der Waals surface area contributed by atoms with E-state index in [1.54, 1.807) is 0 Å². The Morgan fingerprint density at radius 3 is 2.48 bits per heavy atom. The molecule has 1 aliphatic carbocycles. The standard InChI is InChI=1S/C17H16ClNO2/c18-16(20)11-7-13-6-10-15(12-4-2-1-3-5-12)19(17(13)21)14-8-9-14/h1-6,10,14H,7-9,11H2. The molecule has 0 radical (unpaired) electrons. The lowest BCUT2D eigenvalue weighted by molar-refractivity contribution is -0.111. The van der Waals surface area contributed by atoms with E-state index in [2.05, 4.69) is 0 Å². The predicted molar refractivity (Wildman–Crippen MR) is 83.6 cm³/mol. The first-order valence-electron chi connectivity index (χ1n) is 7.15. The van der Waals surface area contributed by atoms with Crippen molar-refractivity contribution in [2.75, 3.05) is 0 Å². The highest BCUT2D eigenvalue weighted by Gasteiger charge is 2.27. The molecule has 108 valence electrons. The molecule has 21 heavy (non-hydrogen) atoms. The second-order valence-corrected chi connectivity index (χ2v) is 5.79. The lowest BCUT2D eigenvalue weighted by Gasteiger charge is -2.14. The van der Waals surface area contributed by atoms with Crippen LogP contribution in [0.3, 0.4) is 0 Å². The molecule has 4 heteroatoms. The van der Waals surface area contributed by atoms with Crippen LogP contribution in [0.4, 0.5) is 0 Å². The number of nitrogens with zero attached hydrogens (tertiary/aromatic N) is 1. The number of rotatable bonds is 5. The Hall–Kier alpha value is -1.87. The molecule has 1 aliphatic rings. The van der Waals surface area contributed by atoms with Gasteiger partial charge >= 0.3 is 0 Å². The van der Waals surface area contributed by atoms with Crippen molar-refractivity contribution in [1.82, 2.24) is 4.57 Å². The molecular formula is C17H16ClNO2. The third-order valence-corrected chi connectivity index (χ3v) is 3.96. The van der Waals surface area contributed by atoms with Crippen LogP contribution in [-0.2, 0) is 11.2 Å². The van der Waals surface area contributed by atoms with Gasteiger partial charge in [0.05, 0.1) is 5.69 Å². The van der Waals surface area contributed by atoms with Gasteiger partial charge in [0.25, 0.3) is 5.56 Å². The molecule has 0 amide bonds. The van der Waals surface area contributed by atoms with Crippen LogP contribution in [0.2, 0.25) is 0 Å². The minimum absolute atomic E-state index is 0.0109. The molecule has 3 nitrogen and oxygen atoms in total. The van der Waals surface area contributed by atoms with Gasteiger partial charge in [0.2, 0.25) is 5.24 Å². The molecule has 1 fully saturated rings. The molecule has 1 saturated carbocycles. The molecule has 0 aliphatic heterocycles. The van der Waals surface area contributed by atoms with Crippen LogP contribution >= 0.6 is 11.6 Å². The normalized spacial score (nSPS) is 14.1. The van der Waals surface area contributed by atoms with Gasteiger partial charge in [-0.1, -0.05) is 36.4 Å². The lowest BCUT2D eigenvalue weighted by Crippen LogP contribution is -2.24. The fourth-order valence-corrected chi connectivity index (χ4v) is 2.65. The number of aromatic nitrogens is 1. The largest absolute Gasteiger partial charge is 0.305 e. The van der Waals surface area contributed by atoms with Crippen molar-refractivity contribution < 1.29 is 4.79 Å². The topological polar surface area (TPSA) is 39.1 Å². The third-order valence-electron chi connectivity index (χ3n) is 3.77. The zero-order valence-corrected chi connectivity index (χ0v) is 12.3. The van der Waals surface area contributed by atoms with Crippen LogP contribution in [0, 0.1) is 0 Å². The van der Waals surface area contributed by atoms with E-state index in [0.717, 1.165) is 24.1 Å². The van der Waals surface area contributed by atoms with E-state index < -0.39 is 5.24 Å². The average Bonchev–Trinajstić information content (AvgIpc) is 3.31. The van der Waals surface area contributed by atoms with Gasteiger partial charge in [-0.3, -0.25) is 9.59 Å². The smallest absolute Gasteiger partial charge is 0.254 e. The molecule has 0 unspecified atom stereocenters.